The summed E-state index contributed by atoms with van der Waals surface area (Å²) < 4.78 is 0. The highest BCUT2D eigenvalue weighted by molar-refractivity contribution is 5.98. The van der Waals surface area contributed by atoms with E-state index < -0.39 is 6.04 Å². The molecule has 1 fully saturated rings. The fourth-order valence-corrected chi connectivity index (χ4v) is 3.25. The minimum Gasteiger partial charge on any atom is -0.352 e. The Morgan fingerprint density at radius 3 is 2.62 bits per heavy atom. The van der Waals surface area contributed by atoms with Gasteiger partial charge in [0.1, 0.15) is 6.04 Å². The number of H-pyrrole nitrogens is 1. The number of aromatic nitrogens is 1. The fourth-order valence-electron chi connectivity index (χ4n) is 3.25. The molecule has 0 radical (unpaired) electrons. The third kappa shape index (κ3) is 3.40. The van der Waals surface area contributed by atoms with Crippen LogP contribution in [0, 0.1) is 6.92 Å². The SMILES string of the molecule is Cc1ccccc1C1C(=O)NCCN1C(=O)c1cc(C(C)C)[nH]c(=O)c1. The predicted molar refractivity (Wildman–Crippen MR) is 99.1 cm³/mol. The second-order valence-electron chi connectivity index (χ2n) is 6.89. The van der Waals surface area contributed by atoms with Gasteiger partial charge in [-0.05, 0) is 30.0 Å². The maximum Gasteiger partial charge on any atom is 0.255 e. The van der Waals surface area contributed by atoms with Crippen LogP contribution >= 0.6 is 0 Å². The zero-order valence-corrected chi connectivity index (χ0v) is 15.2. The molecule has 1 saturated heterocycles. The Morgan fingerprint density at radius 2 is 1.92 bits per heavy atom. The smallest absolute Gasteiger partial charge is 0.255 e. The van der Waals surface area contributed by atoms with Crippen LogP contribution in [0.25, 0.3) is 0 Å². The minimum atomic E-state index is -0.695. The van der Waals surface area contributed by atoms with E-state index in [2.05, 4.69) is 10.3 Å². The van der Waals surface area contributed by atoms with Crippen LogP contribution in [0.5, 0.6) is 0 Å². The minimum absolute atomic E-state index is 0.0901. The number of nitrogens with zero attached hydrogens (tertiary/aromatic N) is 1. The number of benzene rings is 1. The van der Waals surface area contributed by atoms with Crippen molar-refractivity contribution in [3.05, 3.63) is 69.1 Å². The van der Waals surface area contributed by atoms with Crippen LogP contribution in [-0.4, -0.2) is 34.8 Å². The van der Waals surface area contributed by atoms with Gasteiger partial charge in [0, 0.05) is 30.4 Å². The molecule has 1 aromatic heterocycles. The Bertz CT molecular complexity index is 901. The lowest BCUT2D eigenvalue weighted by atomic mass is 9.96. The van der Waals surface area contributed by atoms with Crippen LogP contribution in [0.4, 0.5) is 0 Å². The molecule has 136 valence electrons. The highest BCUT2D eigenvalue weighted by Gasteiger charge is 2.35. The number of rotatable bonds is 3. The molecule has 6 nitrogen and oxygen atoms in total. The first-order valence-corrected chi connectivity index (χ1v) is 8.77. The Kier molecular flexibility index (Phi) is 4.93. The van der Waals surface area contributed by atoms with Crippen LogP contribution in [-0.2, 0) is 4.79 Å². The standard InChI is InChI=1S/C20H23N3O3/c1-12(2)16-10-14(11-17(24)22-16)20(26)23-9-8-21-19(25)18(23)15-7-5-4-6-13(15)3/h4-7,10-12,18H,8-9H2,1-3H3,(H,21,25)(H,22,24). The maximum absolute atomic E-state index is 13.2. The number of hydrogen-bond acceptors (Lipinski definition) is 3. The molecule has 26 heavy (non-hydrogen) atoms. The molecule has 3 rings (SSSR count). The van der Waals surface area contributed by atoms with Gasteiger partial charge in [-0.1, -0.05) is 38.1 Å². The van der Waals surface area contributed by atoms with Crippen LogP contribution in [0.1, 0.15) is 53.0 Å². The van der Waals surface area contributed by atoms with Gasteiger partial charge in [-0.25, -0.2) is 0 Å². The molecule has 6 heteroatoms. The first kappa shape index (κ1) is 17.9. The summed E-state index contributed by atoms with van der Waals surface area (Å²) in [5.74, 6) is -0.416. The molecule has 1 unspecified atom stereocenters. The van der Waals surface area contributed by atoms with E-state index in [-0.39, 0.29) is 23.3 Å². The van der Waals surface area contributed by atoms with Crippen LogP contribution in [0.15, 0.2) is 41.2 Å². The van der Waals surface area contributed by atoms with Gasteiger partial charge in [-0.15, -0.1) is 0 Å². The van der Waals surface area contributed by atoms with E-state index >= 15 is 0 Å². The number of aryl methyl sites for hydroxylation is 1. The van der Waals surface area contributed by atoms with Crippen molar-refractivity contribution in [2.24, 2.45) is 0 Å². The van der Waals surface area contributed by atoms with Crippen LogP contribution < -0.4 is 10.9 Å². The average molecular weight is 353 g/mol. The Labute approximate surface area is 152 Å². The number of hydrogen-bond donors (Lipinski definition) is 2. The molecular formula is C20H23N3O3. The van der Waals surface area contributed by atoms with Gasteiger partial charge in [0.25, 0.3) is 5.91 Å². The van der Waals surface area contributed by atoms with Crippen molar-refractivity contribution in [3.8, 4) is 0 Å². The lowest BCUT2D eigenvalue weighted by molar-refractivity contribution is -0.128. The van der Waals surface area contributed by atoms with Crippen molar-refractivity contribution in [1.29, 1.82) is 0 Å². The summed E-state index contributed by atoms with van der Waals surface area (Å²) in [6.45, 7) is 6.61. The summed E-state index contributed by atoms with van der Waals surface area (Å²) in [5.41, 5.74) is 2.45. The van der Waals surface area contributed by atoms with E-state index in [0.717, 1.165) is 11.1 Å². The van der Waals surface area contributed by atoms with Crippen molar-refractivity contribution in [1.82, 2.24) is 15.2 Å². The molecule has 0 bridgehead atoms. The predicted octanol–water partition coefficient (Wildman–Crippen LogP) is 2.12. The van der Waals surface area contributed by atoms with E-state index in [9.17, 15) is 14.4 Å². The van der Waals surface area contributed by atoms with Gasteiger partial charge < -0.3 is 15.2 Å². The molecule has 1 aliphatic rings. The molecule has 0 spiro atoms. The number of carbonyl (C=O) groups excluding carboxylic acids is 2. The molecule has 0 saturated carbocycles. The molecule has 2 aromatic rings. The quantitative estimate of drug-likeness (QED) is 0.887. The monoisotopic (exact) mass is 353 g/mol. The number of piperazine rings is 1. The highest BCUT2D eigenvalue weighted by Crippen LogP contribution is 2.27. The van der Waals surface area contributed by atoms with Gasteiger partial charge in [-0.3, -0.25) is 14.4 Å². The number of pyridine rings is 1. The van der Waals surface area contributed by atoms with Gasteiger partial charge >= 0.3 is 0 Å². The van der Waals surface area contributed by atoms with Gasteiger partial charge in [-0.2, -0.15) is 0 Å². The zero-order chi connectivity index (χ0) is 18.8. The molecule has 1 aliphatic heterocycles. The normalized spacial score (nSPS) is 17.3. The van der Waals surface area contributed by atoms with Crippen molar-refractivity contribution in [2.75, 3.05) is 13.1 Å². The summed E-state index contributed by atoms with van der Waals surface area (Å²) in [6.07, 6.45) is 0. The number of carbonyl (C=O) groups is 2. The van der Waals surface area contributed by atoms with E-state index in [0.29, 0.717) is 24.3 Å². The van der Waals surface area contributed by atoms with Crippen molar-refractivity contribution >= 4 is 11.8 Å². The van der Waals surface area contributed by atoms with Gasteiger partial charge in [0.2, 0.25) is 11.5 Å². The van der Waals surface area contributed by atoms with Crippen molar-refractivity contribution in [3.63, 3.8) is 0 Å². The largest absolute Gasteiger partial charge is 0.352 e. The summed E-state index contributed by atoms with van der Waals surface area (Å²) in [6, 6.07) is 9.85. The summed E-state index contributed by atoms with van der Waals surface area (Å²) >= 11 is 0. The summed E-state index contributed by atoms with van der Waals surface area (Å²) in [7, 11) is 0. The topological polar surface area (TPSA) is 82.3 Å². The number of nitrogens with one attached hydrogen (secondary N) is 2. The third-order valence-corrected chi connectivity index (χ3v) is 4.69. The lowest BCUT2D eigenvalue weighted by Gasteiger charge is -2.36. The Morgan fingerprint density at radius 1 is 1.19 bits per heavy atom. The van der Waals surface area contributed by atoms with E-state index in [1.807, 2.05) is 45.0 Å². The second kappa shape index (κ2) is 7.15. The molecular weight excluding hydrogens is 330 g/mol. The summed E-state index contributed by atoms with van der Waals surface area (Å²) in [4.78, 5) is 42.0. The molecule has 1 atom stereocenters. The van der Waals surface area contributed by atoms with E-state index in [1.165, 1.54) is 6.07 Å². The molecule has 1 aromatic carbocycles. The first-order valence-electron chi connectivity index (χ1n) is 8.77. The van der Waals surface area contributed by atoms with Gasteiger partial charge in [0.05, 0.1) is 0 Å². The fraction of sp³-hybridized carbons (Fsp3) is 0.350. The zero-order valence-electron chi connectivity index (χ0n) is 15.2. The van der Waals surface area contributed by atoms with Crippen molar-refractivity contribution < 1.29 is 9.59 Å². The Balaban J connectivity index is 2.03. The van der Waals surface area contributed by atoms with Crippen LogP contribution in [0.2, 0.25) is 0 Å². The van der Waals surface area contributed by atoms with Gasteiger partial charge in [0.15, 0.2) is 0 Å². The maximum atomic E-state index is 13.2. The second-order valence-corrected chi connectivity index (χ2v) is 6.89. The van der Waals surface area contributed by atoms with E-state index in [4.69, 9.17) is 0 Å². The highest BCUT2D eigenvalue weighted by atomic mass is 16.2. The lowest BCUT2D eigenvalue weighted by Crippen LogP contribution is -2.52. The van der Waals surface area contributed by atoms with E-state index in [1.54, 1.807) is 11.0 Å². The molecule has 2 heterocycles. The summed E-state index contributed by atoms with van der Waals surface area (Å²) in [5, 5.41) is 2.83. The first-order chi connectivity index (χ1) is 12.4. The number of aromatic amines is 1. The Hall–Kier alpha value is -2.89. The van der Waals surface area contributed by atoms with Crippen LogP contribution in [0.3, 0.4) is 0 Å². The third-order valence-electron chi connectivity index (χ3n) is 4.69. The van der Waals surface area contributed by atoms with Crippen molar-refractivity contribution in [2.45, 2.75) is 32.7 Å². The molecule has 2 N–H and O–H groups in total. The number of amides is 2. The molecule has 2 amide bonds. The molecule has 0 aliphatic carbocycles. The average Bonchev–Trinajstić information content (AvgIpc) is 2.61.